The predicted octanol–water partition coefficient (Wildman–Crippen LogP) is 1.02. The second kappa shape index (κ2) is 4.67. The lowest BCUT2D eigenvalue weighted by atomic mass is 10.1. The van der Waals surface area contributed by atoms with E-state index in [2.05, 4.69) is 5.32 Å². The van der Waals surface area contributed by atoms with E-state index in [1.165, 1.54) is 0 Å². The van der Waals surface area contributed by atoms with E-state index >= 15 is 0 Å². The summed E-state index contributed by atoms with van der Waals surface area (Å²) < 4.78 is 5.50. The topological polar surface area (TPSA) is 62.1 Å². The SMILES string of the molecule is N#CCCNC(=O)C1Cc2ccccc2O1. The minimum Gasteiger partial charge on any atom is -0.480 e. The van der Waals surface area contributed by atoms with Crippen LogP contribution in [-0.4, -0.2) is 18.6 Å². The Morgan fingerprint density at radius 3 is 3.12 bits per heavy atom. The average molecular weight is 216 g/mol. The van der Waals surface area contributed by atoms with Crippen LogP contribution in [0.4, 0.5) is 0 Å². The van der Waals surface area contributed by atoms with E-state index in [-0.39, 0.29) is 5.91 Å². The maximum atomic E-state index is 11.6. The molecular formula is C12H12N2O2. The Balaban J connectivity index is 1.91. The molecule has 16 heavy (non-hydrogen) atoms. The summed E-state index contributed by atoms with van der Waals surface area (Å²) in [7, 11) is 0. The second-order valence-corrected chi connectivity index (χ2v) is 3.62. The number of amides is 1. The first-order valence-corrected chi connectivity index (χ1v) is 5.20. The van der Waals surface area contributed by atoms with Crippen molar-refractivity contribution in [1.82, 2.24) is 5.32 Å². The van der Waals surface area contributed by atoms with Crippen LogP contribution in [0.15, 0.2) is 24.3 Å². The van der Waals surface area contributed by atoms with Crippen molar-refractivity contribution >= 4 is 5.91 Å². The van der Waals surface area contributed by atoms with Crippen LogP contribution < -0.4 is 10.1 Å². The fraction of sp³-hybridized carbons (Fsp3) is 0.333. The lowest BCUT2D eigenvalue weighted by Gasteiger charge is -2.09. The summed E-state index contributed by atoms with van der Waals surface area (Å²) in [6, 6.07) is 9.60. The van der Waals surface area contributed by atoms with Gasteiger partial charge in [0.15, 0.2) is 6.10 Å². The van der Waals surface area contributed by atoms with Gasteiger partial charge in [0.05, 0.1) is 12.5 Å². The first-order valence-electron chi connectivity index (χ1n) is 5.20. The Morgan fingerprint density at radius 2 is 2.38 bits per heavy atom. The molecule has 1 aromatic carbocycles. The lowest BCUT2D eigenvalue weighted by molar-refractivity contribution is -0.127. The molecule has 1 aromatic rings. The third-order valence-corrected chi connectivity index (χ3v) is 2.48. The zero-order chi connectivity index (χ0) is 11.4. The monoisotopic (exact) mass is 216 g/mol. The fourth-order valence-electron chi connectivity index (χ4n) is 1.68. The van der Waals surface area contributed by atoms with Crippen molar-refractivity contribution in [3.8, 4) is 11.8 Å². The Bertz CT molecular complexity index is 412. The highest BCUT2D eigenvalue weighted by molar-refractivity contribution is 5.82. The molecule has 0 radical (unpaired) electrons. The zero-order valence-electron chi connectivity index (χ0n) is 8.77. The van der Waals surface area contributed by atoms with Gasteiger partial charge in [0, 0.05) is 13.0 Å². The number of nitriles is 1. The number of hydrogen-bond donors (Lipinski definition) is 1. The van der Waals surface area contributed by atoms with Gasteiger partial charge in [0.1, 0.15) is 5.75 Å². The molecule has 1 heterocycles. The van der Waals surface area contributed by atoms with Crippen LogP contribution in [0.3, 0.4) is 0 Å². The van der Waals surface area contributed by atoms with Gasteiger partial charge in [-0.2, -0.15) is 5.26 Å². The van der Waals surface area contributed by atoms with E-state index < -0.39 is 6.10 Å². The van der Waals surface area contributed by atoms with Gasteiger partial charge in [0.2, 0.25) is 0 Å². The Morgan fingerprint density at radius 1 is 1.56 bits per heavy atom. The van der Waals surface area contributed by atoms with Crippen molar-refractivity contribution in [2.24, 2.45) is 0 Å². The van der Waals surface area contributed by atoms with Crippen molar-refractivity contribution in [3.05, 3.63) is 29.8 Å². The quantitative estimate of drug-likeness (QED) is 0.767. The normalized spacial score (nSPS) is 17.1. The molecule has 0 aromatic heterocycles. The molecule has 1 N–H and O–H groups in total. The molecule has 0 fully saturated rings. The van der Waals surface area contributed by atoms with Crippen molar-refractivity contribution in [2.45, 2.75) is 18.9 Å². The van der Waals surface area contributed by atoms with Gasteiger partial charge in [-0.15, -0.1) is 0 Å². The molecule has 0 saturated heterocycles. The smallest absolute Gasteiger partial charge is 0.261 e. The number of nitrogens with one attached hydrogen (secondary N) is 1. The van der Waals surface area contributed by atoms with Crippen molar-refractivity contribution in [2.75, 3.05) is 6.54 Å². The van der Waals surface area contributed by atoms with Gasteiger partial charge in [-0.25, -0.2) is 0 Å². The van der Waals surface area contributed by atoms with E-state index in [1.807, 2.05) is 30.3 Å². The second-order valence-electron chi connectivity index (χ2n) is 3.62. The number of para-hydroxylation sites is 1. The molecule has 0 saturated carbocycles. The molecule has 0 aliphatic carbocycles. The molecule has 2 rings (SSSR count). The number of fused-ring (bicyclic) bond motifs is 1. The number of rotatable bonds is 3. The van der Waals surface area contributed by atoms with Gasteiger partial charge in [-0.05, 0) is 11.6 Å². The fourth-order valence-corrected chi connectivity index (χ4v) is 1.68. The maximum Gasteiger partial charge on any atom is 0.261 e. The van der Waals surface area contributed by atoms with E-state index in [9.17, 15) is 4.79 Å². The number of benzene rings is 1. The zero-order valence-corrected chi connectivity index (χ0v) is 8.77. The summed E-state index contributed by atoms with van der Waals surface area (Å²) in [6.45, 7) is 0.380. The third kappa shape index (κ3) is 2.14. The number of nitrogens with zero attached hydrogens (tertiary/aromatic N) is 1. The summed E-state index contributed by atoms with van der Waals surface area (Å²) in [6.07, 6.45) is 0.482. The molecule has 1 aliphatic rings. The average Bonchev–Trinajstić information content (AvgIpc) is 2.73. The van der Waals surface area contributed by atoms with Crippen LogP contribution in [0, 0.1) is 11.3 Å². The minimum atomic E-state index is -0.448. The Labute approximate surface area is 93.8 Å². The highest BCUT2D eigenvalue weighted by Crippen LogP contribution is 2.27. The maximum absolute atomic E-state index is 11.6. The molecule has 1 atom stereocenters. The largest absolute Gasteiger partial charge is 0.480 e. The van der Waals surface area contributed by atoms with Crippen LogP contribution in [-0.2, 0) is 11.2 Å². The molecule has 82 valence electrons. The predicted molar refractivity (Wildman–Crippen MR) is 57.8 cm³/mol. The first-order chi connectivity index (χ1) is 7.81. The standard InChI is InChI=1S/C12H12N2O2/c13-6-3-7-14-12(15)11-8-9-4-1-2-5-10(9)16-11/h1-2,4-5,11H,3,7-8H2,(H,14,15). The number of hydrogen-bond acceptors (Lipinski definition) is 3. The Hall–Kier alpha value is -2.02. The van der Waals surface area contributed by atoms with Crippen LogP contribution >= 0.6 is 0 Å². The summed E-state index contributed by atoms with van der Waals surface area (Å²) in [5.74, 6) is 0.634. The van der Waals surface area contributed by atoms with Crippen LogP contribution in [0.5, 0.6) is 5.75 Å². The van der Waals surface area contributed by atoms with Crippen LogP contribution in [0.1, 0.15) is 12.0 Å². The van der Waals surface area contributed by atoms with Crippen molar-refractivity contribution in [1.29, 1.82) is 5.26 Å². The third-order valence-electron chi connectivity index (χ3n) is 2.48. The van der Waals surface area contributed by atoms with Crippen molar-refractivity contribution in [3.63, 3.8) is 0 Å². The van der Waals surface area contributed by atoms with E-state index in [4.69, 9.17) is 10.00 Å². The molecule has 4 heteroatoms. The van der Waals surface area contributed by atoms with Crippen LogP contribution in [0.25, 0.3) is 0 Å². The molecule has 1 aliphatic heterocycles. The van der Waals surface area contributed by atoms with E-state index in [0.29, 0.717) is 19.4 Å². The molecule has 0 bridgehead atoms. The molecule has 1 unspecified atom stereocenters. The van der Waals surface area contributed by atoms with Crippen molar-refractivity contribution < 1.29 is 9.53 Å². The lowest BCUT2D eigenvalue weighted by Crippen LogP contribution is -2.37. The van der Waals surface area contributed by atoms with Gasteiger partial charge in [0.25, 0.3) is 5.91 Å². The molecule has 1 amide bonds. The molecular weight excluding hydrogens is 204 g/mol. The number of ether oxygens (including phenoxy) is 1. The highest BCUT2D eigenvalue weighted by Gasteiger charge is 2.28. The van der Waals surface area contributed by atoms with Gasteiger partial charge in [-0.1, -0.05) is 18.2 Å². The van der Waals surface area contributed by atoms with E-state index in [1.54, 1.807) is 0 Å². The minimum absolute atomic E-state index is 0.147. The molecule has 0 spiro atoms. The van der Waals surface area contributed by atoms with Crippen LogP contribution in [0.2, 0.25) is 0 Å². The van der Waals surface area contributed by atoms with Gasteiger partial charge in [-0.3, -0.25) is 4.79 Å². The number of carbonyl (C=O) groups excluding carboxylic acids is 1. The van der Waals surface area contributed by atoms with Gasteiger partial charge >= 0.3 is 0 Å². The van der Waals surface area contributed by atoms with E-state index in [0.717, 1.165) is 11.3 Å². The molecule has 4 nitrogen and oxygen atoms in total. The summed E-state index contributed by atoms with van der Waals surface area (Å²) in [4.78, 5) is 11.6. The highest BCUT2D eigenvalue weighted by atomic mass is 16.5. The first kappa shape index (κ1) is 10.5. The Kier molecular flexibility index (Phi) is 3.06. The number of carbonyl (C=O) groups is 1. The summed E-state index contributed by atoms with van der Waals surface area (Å²) in [5.41, 5.74) is 1.06. The summed E-state index contributed by atoms with van der Waals surface area (Å²) in [5, 5.41) is 11.0. The van der Waals surface area contributed by atoms with Gasteiger partial charge < -0.3 is 10.1 Å². The summed E-state index contributed by atoms with van der Waals surface area (Å²) >= 11 is 0.